The lowest BCUT2D eigenvalue weighted by atomic mass is 10.0. The Morgan fingerprint density at radius 3 is 2.15 bits per heavy atom. The second kappa shape index (κ2) is 6.81. The molecule has 0 amide bonds. The summed E-state index contributed by atoms with van der Waals surface area (Å²) in [5, 5.41) is 7.14. The maximum absolute atomic E-state index is 12.6. The van der Waals surface area contributed by atoms with E-state index in [1.165, 1.54) is 18.2 Å². The van der Waals surface area contributed by atoms with E-state index in [0.717, 1.165) is 22.4 Å². The Morgan fingerprint density at radius 1 is 0.808 bits per heavy atom. The van der Waals surface area contributed by atoms with Crippen LogP contribution in [0.4, 0.5) is 0 Å². The van der Waals surface area contributed by atoms with Gasteiger partial charge in [-0.25, -0.2) is 26.7 Å². The minimum atomic E-state index is -3.98. The summed E-state index contributed by atoms with van der Waals surface area (Å²) in [6.45, 7) is 1.73. The third kappa shape index (κ3) is 3.94. The molecule has 0 saturated heterocycles. The van der Waals surface area contributed by atoms with E-state index in [1.54, 1.807) is 6.92 Å². The molecular weight excluding hydrogens is 372 g/mol. The highest BCUT2D eigenvalue weighted by Gasteiger charge is 2.20. The first-order valence-corrected chi connectivity index (χ1v) is 10.8. The molecule has 0 aliphatic carbocycles. The van der Waals surface area contributed by atoms with Crippen molar-refractivity contribution < 1.29 is 16.8 Å². The molecule has 3 N–H and O–H groups in total. The Labute approximate surface area is 152 Å². The van der Waals surface area contributed by atoms with Gasteiger partial charge in [0.25, 0.3) is 0 Å². The molecule has 8 heteroatoms. The Bertz CT molecular complexity index is 1170. The van der Waals surface area contributed by atoms with E-state index in [1.807, 2.05) is 42.5 Å². The largest absolute Gasteiger partial charge is 0.241 e. The van der Waals surface area contributed by atoms with Gasteiger partial charge in [-0.3, -0.25) is 0 Å². The number of nitrogens with two attached hydrogens (primary N) is 1. The van der Waals surface area contributed by atoms with Gasteiger partial charge in [0.15, 0.2) is 0 Å². The van der Waals surface area contributed by atoms with Crippen LogP contribution in [0.2, 0.25) is 0 Å². The summed E-state index contributed by atoms with van der Waals surface area (Å²) in [6, 6.07) is 18.0. The lowest BCUT2D eigenvalue weighted by Gasteiger charge is -2.16. The van der Waals surface area contributed by atoms with E-state index in [9.17, 15) is 16.8 Å². The molecule has 0 aromatic heterocycles. The van der Waals surface area contributed by atoms with Crippen molar-refractivity contribution in [2.45, 2.75) is 22.8 Å². The van der Waals surface area contributed by atoms with Crippen molar-refractivity contribution in [1.29, 1.82) is 0 Å². The Hall–Kier alpha value is -2.26. The quantitative estimate of drug-likeness (QED) is 0.698. The van der Waals surface area contributed by atoms with E-state index in [-0.39, 0.29) is 9.79 Å². The third-order valence-corrected chi connectivity index (χ3v) is 6.50. The summed E-state index contributed by atoms with van der Waals surface area (Å²) in [4.78, 5) is -0.407. The predicted molar refractivity (Wildman–Crippen MR) is 100 cm³/mol. The maximum Gasteiger partial charge on any atom is 0.241 e. The highest BCUT2D eigenvalue weighted by Crippen LogP contribution is 2.22. The number of rotatable bonds is 5. The van der Waals surface area contributed by atoms with E-state index in [0.29, 0.717) is 0 Å². The minimum absolute atomic E-state index is 0.156. The van der Waals surface area contributed by atoms with Crippen molar-refractivity contribution in [1.82, 2.24) is 4.72 Å². The number of sulfonamides is 2. The van der Waals surface area contributed by atoms with Gasteiger partial charge >= 0.3 is 0 Å². The smallest absolute Gasteiger partial charge is 0.225 e. The summed E-state index contributed by atoms with van der Waals surface area (Å²) >= 11 is 0. The molecule has 26 heavy (non-hydrogen) atoms. The van der Waals surface area contributed by atoms with Crippen molar-refractivity contribution in [3.8, 4) is 0 Å². The summed E-state index contributed by atoms with van der Waals surface area (Å²) < 4.78 is 50.7. The first-order valence-electron chi connectivity index (χ1n) is 7.81. The van der Waals surface area contributed by atoms with Crippen LogP contribution >= 0.6 is 0 Å². The summed E-state index contributed by atoms with van der Waals surface area (Å²) in [5.41, 5.74) is 0.801. The van der Waals surface area contributed by atoms with Gasteiger partial charge in [-0.15, -0.1) is 0 Å². The third-order valence-electron chi connectivity index (χ3n) is 4.05. The van der Waals surface area contributed by atoms with Gasteiger partial charge in [0.05, 0.1) is 9.79 Å². The van der Waals surface area contributed by atoms with Gasteiger partial charge in [-0.1, -0.05) is 42.5 Å². The zero-order valence-corrected chi connectivity index (χ0v) is 15.6. The fraction of sp³-hybridized carbons (Fsp3) is 0.111. The number of benzene rings is 3. The number of hydrogen-bond acceptors (Lipinski definition) is 4. The van der Waals surface area contributed by atoms with Crippen molar-refractivity contribution >= 4 is 30.8 Å². The molecule has 0 saturated carbocycles. The molecule has 1 atom stereocenters. The molecule has 136 valence electrons. The van der Waals surface area contributed by atoms with E-state index in [2.05, 4.69) is 4.72 Å². The zero-order valence-electron chi connectivity index (χ0n) is 14.0. The maximum atomic E-state index is 12.6. The fourth-order valence-electron chi connectivity index (χ4n) is 2.66. The molecule has 0 aliphatic rings. The predicted octanol–water partition coefficient (Wildman–Crippen LogP) is 2.53. The van der Waals surface area contributed by atoms with E-state index in [4.69, 9.17) is 5.14 Å². The molecule has 0 bridgehead atoms. The molecule has 0 spiro atoms. The molecule has 0 radical (unpaired) electrons. The van der Waals surface area contributed by atoms with Crippen molar-refractivity contribution in [3.05, 3.63) is 72.3 Å². The second-order valence-electron chi connectivity index (χ2n) is 5.97. The molecular formula is C18H18N2O4S2. The van der Waals surface area contributed by atoms with Crippen LogP contribution < -0.4 is 9.86 Å². The summed E-state index contributed by atoms with van der Waals surface area (Å²) in [6.07, 6.45) is 0. The van der Waals surface area contributed by atoms with Gasteiger partial charge in [-0.2, -0.15) is 0 Å². The average Bonchev–Trinajstić information content (AvgIpc) is 2.60. The van der Waals surface area contributed by atoms with Crippen LogP contribution in [0.25, 0.3) is 10.8 Å². The monoisotopic (exact) mass is 390 g/mol. The number of nitrogens with one attached hydrogen (secondary N) is 1. The zero-order chi connectivity index (χ0) is 18.9. The van der Waals surface area contributed by atoms with Crippen LogP contribution in [0, 0.1) is 0 Å². The minimum Gasteiger partial charge on any atom is -0.225 e. The topological polar surface area (TPSA) is 106 Å². The highest BCUT2D eigenvalue weighted by atomic mass is 32.2. The second-order valence-corrected chi connectivity index (χ2v) is 9.24. The summed E-state index contributed by atoms with van der Waals surface area (Å²) in [7, 11) is -7.90. The van der Waals surface area contributed by atoms with E-state index < -0.39 is 26.1 Å². The van der Waals surface area contributed by atoms with Crippen LogP contribution in [0.5, 0.6) is 0 Å². The fourth-order valence-corrected chi connectivity index (χ4v) is 4.58. The lowest BCUT2D eigenvalue weighted by Crippen LogP contribution is -2.27. The molecule has 0 fully saturated rings. The van der Waals surface area contributed by atoms with Gasteiger partial charge < -0.3 is 0 Å². The van der Waals surface area contributed by atoms with Crippen LogP contribution in [-0.4, -0.2) is 16.8 Å². The van der Waals surface area contributed by atoms with Crippen LogP contribution in [-0.2, 0) is 20.0 Å². The Balaban J connectivity index is 1.91. The highest BCUT2D eigenvalue weighted by molar-refractivity contribution is 7.90. The molecule has 0 heterocycles. The molecule has 0 aliphatic heterocycles. The summed E-state index contributed by atoms with van der Waals surface area (Å²) in [5.74, 6) is 0. The van der Waals surface area contributed by atoms with Crippen molar-refractivity contribution in [2.24, 2.45) is 5.14 Å². The van der Waals surface area contributed by atoms with Crippen LogP contribution in [0.3, 0.4) is 0 Å². The standard InChI is InChI=1S/C18H18N2O4S2/c1-13(15-10-9-14-5-2-3-6-16(14)11-15)20-26(23,24)18-8-4-7-17(12-18)25(19,21)22/h2-13,20H,1H3,(H2,19,21,22). The van der Waals surface area contributed by atoms with Crippen molar-refractivity contribution in [2.75, 3.05) is 0 Å². The lowest BCUT2D eigenvalue weighted by molar-refractivity contribution is 0.566. The SMILES string of the molecule is CC(NS(=O)(=O)c1cccc(S(N)(=O)=O)c1)c1ccc2ccccc2c1. The Kier molecular flexibility index (Phi) is 4.85. The number of hydrogen-bond donors (Lipinski definition) is 2. The van der Waals surface area contributed by atoms with Gasteiger partial charge in [0, 0.05) is 6.04 Å². The van der Waals surface area contributed by atoms with Crippen LogP contribution in [0.1, 0.15) is 18.5 Å². The number of primary sulfonamides is 1. The van der Waals surface area contributed by atoms with Crippen LogP contribution in [0.15, 0.2) is 76.5 Å². The normalized spacial score (nSPS) is 13.6. The van der Waals surface area contributed by atoms with E-state index >= 15 is 0 Å². The molecule has 3 aromatic rings. The van der Waals surface area contributed by atoms with Gasteiger partial charge in [0.2, 0.25) is 20.0 Å². The molecule has 3 rings (SSSR count). The molecule has 1 unspecified atom stereocenters. The average molecular weight is 390 g/mol. The first-order chi connectivity index (χ1) is 12.2. The van der Waals surface area contributed by atoms with Gasteiger partial charge in [0.1, 0.15) is 0 Å². The Morgan fingerprint density at radius 2 is 1.46 bits per heavy atom. The first kappa shape index (κ1) is 18.5. The van der Waals surface area contributed by atoms with Gasteiger partial charge in [-0.05, 0) is 47.5 Å². The molecule has 6 nitrogen and oxygen atoms in total. The number of fused-ring (bicyclic) bond motifs is 1. The molecule has 3 aromatic carbocycles. The van der Waals surface area contributed by atoms with Crippen molar-refractivity contribution in [3.63, 3.8) is 0 Å².